The Morgan fingerprint density at radius 2 is 2.36 bits per heavy atom. The highest BCUT2D eigenvalue weighted by Gasteiger charge is 2.05. The maximum atomic E-state index is 10.8. The minimum absolute atomic E-state index is 0.104. The van der Waals surface area contributed by atoms with Crippen LogP contribution >= 0.6 is 0 Å². The van der Waals surface area contributed by atoms with Gasteiger partial charge in [-0.25, -0.2) is 4.79 Å². The second kappa shape index (κ2) is 4.43. The Morgan fingerprint density at radius 3 is 2.86 bits per heavy atom. The van der Waals surface area contributed by atoms with Gasteiger partial charge in [-0.3, -0.25) is 0 Å². The van der Waals surface area contributed by atoms with Crippen LogP contribution in [0.2, 0.25) is 0 Å². The third-order valence-corrected chi connectivity index (χ3v) is 1.64. The molecule has 0 aromatic heterocycles. The third-order valence-electron chi connectivity index (χ3n) is 1.64. The van der Waals surface area contributed by atoms with Crippen LogP contribution in [0.1, 0.15) is 5.56 Å². The minimum atomic E-state index is -0.610. The fourth-order valence-corrected chi connectivity index (χ4v) is 0.926. The molecular weight excluding hydrogens is 182 g/mol. The highest BCUT2D eigenvalue weighted by Crippen LogP contribution is 2.26. The van der Waals surface area contributed by atoms with Gasteiger partial charge >= 0.3 is 5.97 Å². The smallest absolute Gasteiger partial charge is 0.335 e. The van der Waals surface area contributed by atoms with Gasteiger partial charge in [0.15, 0.2) is 11.5 Å². The van der Waals surface area contributed by atoms with E-state index >= 15 is 0 Å². The summed E-state index contributed by atoms with van der Waals surface area (Å²) in [7, 11) is 0. The monoisotopic (exact) mass is 193 g/mol. The first-order valence-electron chi connectivity index (χ1n) is 4.03. The van der Waals surface area contributed by atoms with E-state index in [1.807, 2.05) is 0 Å². The van der Waals surface area contributed by atoms with Gasteiger partial charge in [-0.2, -0.15) is 0 Å². The zero-order valence-corrected chi connectivity index (χ0v) is 7.56. The number of carbonyl (C=O) groups is 1. The number of phenols is 1. The molecular formula is C10H11NO3. The first kappa shape index (κ1) is 10.3. The van der Waals surface area contributed by atoms with Crippen LogP contribution in [-0.2, 0) is 11.3 Å². The van der Waals surface area contributed by atoms with Gasteiger partial charge in [0, 0.05) is 12.6 Å². The summed E-state index contributed by atoms with van der Waals surface area (Å²) >= 11 is 0. The highest BCUT2D eigenvalue weighted by atomic mass is 16.5. The van der Waals surface area contributed by atoms with Gasteiger partial charge in [0.05, 0.1) is 0 Å². The Kier molecular flexibility index (Phi) is 3.25. The quantitative estimate of drug-likeness (QED) is 0.425. The zero-order valence-electron chi connectivity index (χ0n) is 7.56. The molecule has 4 heteroatoms. The van der Waals surface area contributed by atoms with E-state index in [9.17, 15) is 9.90 Å². The Hall–Kier alpha value is -1.81. The van der Waals surface area contributed by atoms with Crippen molar-refractivity contribution < 1.29 is 14.6 Å². The number of rotatable bonds is 3. The molecule has 0 saturated heterocycles. The van der Waals surface area contributed by atoms with Gasteiger partial charge in [-0.05, 0) is 17.7 Å². The van der Waals surface area contributed by atoms with Gasteiger partial charge in [-0.1, -0.05) is 12.6 Å². The number of ether oxygens (including phenoxy) is 1. The summed E-state index contributed by atoms with van der Waals surface area (Å²) in [5.74, 6) is -0.615. The second-order valence-corrected chi connectivity index (χ2v) is 2.63. The fraction of sp³-hybridized carbons (Fsp3) is 0.100. The van der Waals surface area contributed by atoms with E-state index in [4.69, 9.17) is 10.5 Å². The molecule has 1 aromatic carbocycles. The molecule has 0 heterocycles. The molecule has 3 N–H and O–H groups in total. The van der Waals surface area contributed by atoms with Gasteiger partial charge < -0.3 is 15.6 Å². The molecule has 0 aliphatic rings. The van der Waals surface area contributed by atoms with Crippen LogP contribution in [0.4, 0.5) is 0 Å². The molecule has 0 bridgehead atoms. The summed E-state index contributed by atoms with van der Waals surface area (Å²) in [6, 6.07) is 4.61. The molecule has 0 aliphatic heterocycles. The highest BCUT2D eigenvalue weighted by molar-refractivity contribution is 5.83. The lowest BCUT2D eigenvalue weighted by Gasteiger charge is -2.05. The molecule has 4 nitrogen and oxygen atoms in total. The lowest BCUT2D eigenvalue weighted by Crippen LogP contribution is -2.03. The molecule has 0 saturated carbocycles. The summed E-state index contributed by atoms with van der Waals surface area (Å²) < 4.78 is 4.75. The number of nitrogens with two attached hydrogens (primary N) is 1. The third kappa shape index (κ3) is 2.34. The van der Waals surface area contributed by atoms with E-state index in [0.717, 1.165) is 11.6 Å². The summed E-state index contributed by atoms with van der Waals surface area (Å²) in [5.41, 5.74) is 6.13. The van der Waals surface area contributed by atoms with Gasteiger partial charge in [-0.15, -0.1) is 0 Å². The Balaban J connectivity index is 2.88. The molecule has 1 aromatic rings. The number of carbonyl (C=O) groups excluding carboxylic acids is 1. The number of esters is 1. The molecule has 0 unspecified atom stereocenters. The van der Waals surface area contributed by atoms with E-state index in [1.165, 1.54) is 12.1 Å². The Labute approximate surface area is 81.6 Å². The summed E-state index contributed by atoms with van der Waals surface area (Å²) in [4.78, 5) is 10.8. The Bertz CT molecular complexity index is 360. The predicted molar refractivity (Wildman–Crippen MR) is 51.8 cm³/mol. The van der Waals surface area contributed by atoms with Crippen LogP contribution < -0.4 is 10.5 Å². The van der Waals surface area contributed by atoms with Crippen LogP contribution in [0.3, 0.4) is 0 Å². The molecule has 0 aliphatic carbocycles. The van der Waals surface area contributed by atoms with Crippen molar-refractivity contribution in [2.45, 2.75) is 6.54 Å². The van der Waals surface area contributed by atoms with E-state index in [-0.39, 0.29) is 11.5 Å². The molecule has 0 atom stereocenters. The molecule has 0 fully saturated rings. The average Bonchev–Trinajstić information content (AvgIpc) is 2.20. The van der Waals surface area contributed by atoms with Crippen LogP contribution in [0.15, 0.2) is 30.9 Å². The fourth-order valence-electron chi connectivity index (χ4n) is 0.926. The van der Waals surface area contributed by atoms with Crippen LogP contribution in [0.5, 0.6) is 11.5 Å². The average molecular weight is 193 g/mol. The summed E-state index contributed by atoms with van der Waals surface area (Å²) in [6.07, 6.45) is 1.02. The molecule has 0 spiro atoms. The maximum Gasteiger partial charge on any atom is 0.335 e. The van der Waals surface area contributed by atoms with Crippen LogP contribution in [0, 0.1) is 0 Å². The topological polar surface area (TPSA) is 72.5 Å². The largest absolute Gasteiger partial charge is 0.504 e. The molecule has 14 heavy (non-hydrogen) atoms. The normalized spacial score (nSPS) is 9.50. The predicted octanol–water partition coefficient (Wildman–Crippen LogP) is 0.942. The lowest BCUT2D eigenvalue weighted by molar-refractivity contribution is -0.129. The van der Waals surface area contributed by atoms with Crippen LogP contribution in [-0.4, -0.2) is 11.1 Å². The number of benzene rings is 1. The summed E-state index contributed by atoms with van der Waals surface area (Å²) in [6.45, 7) is 3.57. The van der Waals surface area contributed by atoms with E-state index in [0.29, 0.717) is 6.54 Å². The number of hydrogen-bond acceptors (Lipinski definition) is 4. The second-order valence-electron chi connectivity index (χ2n) is 2.63. The summed E-state index contributed by atoms with van der Waals surface area (Å²) in [5, 5.41) is 9.40. The Morgan fingerprint density at radius 1 is 1.64 bits per heavy atom. The maximum absolute atomic E-state index is 10.8. The first-order chi connectivity index (χ1) is 6.67. The van der Waals surface area contributed by atoms with Crippen LogP contribution in [0.25, 0.3) is 0 Å². The van der Waals surface area contributed by atoms with Crippen molar-refractivity contribution in [3.8, 4) is 11.5 Å². The number of phenolic OH excluding ortho intramolecular Hbond substituents is 1. The molecule has 74 valence electrons. The number of aromatic hydroxyl groups is 1. The van der Waals surface area contributed by atoms with Crippen molar-refractivity contribution in [2.24, 2.45) is 5.73 Å². The van der Waals surface area contributed by atoms with E-state index in [2.05, 4.69) is 6.58 Å². The van der Waals surface area contributed by atoms with Gasteiger partial charge in [0.2, 0.25) is 0 Å². The van der Waals surface area contributed by atoms with Gasteiger partial charge in [0.25, 0.3) is 0 Å². The zero-order chi connectivity index (χ0) is 10.6. The lowest BCUT2D eigenvalue weighted by atomic mass is 10.2. The van der Waals surface area contributed by atoms with Crippen molar-refractivity contribution in [2.75, 3.05) is 0 Å². The first-order valence-corrected chi connectivity index (χ1v) is 4.03. The number of hydrogen-bond donors (Lipinski definition) is 2. The van der Waals surface area contributed by atoms with Gasteiger partial charge in [0.1, 0.15) is 0 Å². The molecule has 0 amide bonds. The van der Waals surface area contributed by atoms with Crippen molar-refractivity contribution in [3.05, 3.63) is 36.4 Å². The molecule has 1 rings (SSSR count). The van der Waals surface area contributed by atoms with Crippen molar-refractivity contribution in [1.82, 2.24) is 0 Å². The standard InChI is InChI=1S/C10H11NO3/c1-2-10(13)14-9-4-3-7(6-11)5-8(9)12/h2-5,12H,1,6,11H2. The van der Waals surface area contributed by atoms with E-state index < -0.39 is 5.97 Å². The van der Waals surface area contributed by atoms with Crippen molar-refractivity contribution in [1.29, 1.82) is 0 Å². The van der Waals surface area contributed by atoms with E-state index in [1.54, 1.807) is 6.07 Å². The van der Waals surface area contributed by atoms with Crippen molar-refractivity contribution >= 4 is 5.97 Å². The molecule has 0 radical (unpaired) electrons. The van der Waals surface area contributed by atoms with Crippen molar-refractivity contribution in [3.63, 3.8) is 0 Å². The SMILES string of the molecule is C=CC(=O)Oc1ccc(CN)cc1O. The minimum Gasteiger partial charge on any atom is -0.504 e.